The Morgan fingerprint density at radius 1 is 1.00 bits per heavy atom. The molecule has 5 nitrogen and oxygen atoms in total. The van der Waals surface area contributed by atoms with Gasteiger partial charge in [0, 0.05) is 30.2 Å². The van der Waals surface area contributed by atoms with Gasteiger partial charge in [0.1, 0.15) is 11.1 Å². The first kappa shape index (κ1) is 17.2. The maximum atomic E-state index is 12.4. The first-order chi connectivity index (χ1) is 13.2. The summed E-state index contributed by atoms with van der Waals surface area (Å²) in [7, 11) is 0. The molecule has 1 aliphatic rings. The van der Waals surface area contributed by atoms with Crippen LogP contribution in [0.15, 0.2) is 69.9 Å². The summed E-state index contributed by atoms with van der Waals surface area (Å²) in [5, 5.41) is 0.725. The summed E-state index contributed by atoms with van der Waals surface area (Å²) in [6, 6.07) is 16.8. The van der Waals surface area contributed by atoms with Gasteiger partial charge >= 0.3 is 5.63 Å². The van der Waals surface area contributed by atoms with E-state index in [0.717, 1.165) is 29.7 Å². The lowest BCUT2D eigenvalue weighted by molar-refractivity contribution is 0.104. The van der Waals surface area contributed by atoms with Crippen LogP contribution >= 0.6 is 0 Å². The lowest BCUT2D eigenvalue weighted by Gasteiger charge is -2.28. The Bertz CT molecular complexity index is 1050. The van der Waals surface area contributed by atoms with Gasteiger partial charge in [-0.15, -0.1) is 0 Å². The summed E-state index contributed by atoms with van der Waals surface area (Å²) in [6.45, 7) is 2.97. The van der Waals surface area contributed by atoms with Crippen LogP contribution in [0.4, 0.5) is 5.69 Å². The number of allylic oxidation sites excluding steroid dienone is 1. The molecular weight excluding hydrogens is 342 g/mol. The maximum absolute atomic E-state index is 12.4. The van der Waals surface area contributed by atoms with Crippen molar-refractivity contribution in [2.45, 2.75) is 0 Å². The number of benzene rings is 2. The number of hydrogen-bond acceptors (Lipinski definition) is 5. The molecule has 0 amide bonds. The van der Waals surface area contributed by atoms with E-state index in [0.29, 0.717) is 18.8 Å². The average Bonchev–Trinajstić information content (AvgIpc) is 2.72. The monoisotopic (exact) mass is 361 g/mol. The Kier molecular flexibility index (Phi) is 4.85. The minimum Gasteiger partial charge on any atom is -0.422 e. The van der Waals surface area contributed by atoms with Crippen LogP contribution in [-0.4, -0.2) is 32.1 Å². The number of morpholine rings is 1. The molecule has 136 valence electrons. The van der Waals surface area contributed by atoms with E-state index in [1.165, 1.54) is 6.08 Å². The van der Waals surface area contributed by atoms with Gasteiger partial charge in [0.2, 0.25) is 0 Å². The number of ketones is 1. The fourth-order valence-corrected chi connectivity index (χ4v) is 3.12. The highest BCUT2D eigenvalue weighted by Gasteiger charge is 2.15. The van der Waals surface area contributed by atoms with Gasteiger partial charge in [0.15, 0.2) is 5.78 Å². The lowest BCUT2D eigenvalue weighted by atomic mass is 10.1. The molecule has 0 spiro atoms. The molecule has 0 atom stereocenters. The van der Waals surface area contributed by atoms with E-state index in [2.05, 4.69) is 4.90 Å². The Hall–Kier alpha value is -3.18. The smallest absolute Gasteiger partial charge is 0.347 e. The van der Waals surface area contributed by atoms with E-state index in [1.54, 1.807) is 12.1 Å². The number of fused-ring (bicyclic) bond motifs is 1. The van der Waals surface area contributed by atoms with Gasteiger partial charge in [0.05, 0.1) is 13.2 Å². The first-order valence-corrected chi connectivity index (χ1v) is 8.89. The number of nitrogens with zero attached hydrogens (tertiary/aromatic N) is 1. The maximum Gasteiger partial charge on any atom is 0.347 e. The highest BCUT2D eigenvalue weighted by atomic mass is 16.5. The van der Waals surface area contributed by atoms with Crippen LogP contribution in [0, 0.1) is 0 Å². The molecule has 0 bridgehead atoms. The third-order valence-corrected chi connectivity index (χ3v) is 4.59. The van der Waals surface area contributed by atoms with Crippen molar-refractivity contribution in [3.05, 3.63) is 82.2 Å². The van der Waals surface area contributed by atoms with Crippen molar-refractivity contribution in [2.24, 2.45) is 0 Å². The molecule has 0 radical (unpaired) electrons. The molecule has 0 unspecified atom stereocenters. The zero-order valence-corrected chi connectivity index (χ0v) is 14.8. The summed E-state index contributed by atoms with van der Waals surface area (Å²) in [4.78, 5) is 26.9. The standard InChI is InChI=1S/C22H19NO4/c24-20(9-6-16-4-2-1-3-5-16)19-14-17-7-8-18(15-21(17)27-22(19)25)23-10-12-26-13-11-23/h1-9,14-15H,10-13H2/b9-6+. The lowest BCUT2D eigenvalue weighted by Crippen LogP contribution is -2.36. The summed E-state index contributed by atoms with van der Waals surface area (Å²) in [5.74, 6) is -0.369. The molecule has 4 rings (SSSR count). The molecule has 2 aromatic carbocycles. The number of carbonyl (C=O) groups is 1. The van der Waals surface area contributed by atoms with E-state index in [-0.39, 0.29) is 11.3 Å². The Balaban J connectivity index is 1.62. The molecule has 1 aliphatic heterocycles. The molecular formula is C22H19NO4. The van der Waals surface area contributed by atoms with E-state index >= 15 is 0 Å². The van der Waals surface area contributed by atoms with Crippen molar-refractivity contribution < 1.29 is 13.9 Å². The van der Waals surface area contributed by atoms with Gasteiger partial charge in [-0.05, 0) is 29.8 Å². The highest BCUT2D eigenvalue weighted by Crippen LogP contribution is 2.23. The van der Waals surface area contributed by atoms with Gasteiger partial charge in [-0.1, -0.05) is 36.4 Å². The van der Waals surface area contributed by atoms with Gasteiger partial charge < -0.3 is 14.1 Å². The van der Waals surface area contributed by atoms with Crippen molar-refractivity contribution in [3.8, 4) is 0 Å². The molecule has 3 aromatic rings. The number of anilines is 1. The van der Waals surface area contributed by atoms with E-state index in [9.17, 15) is 9.59 Å². The second-order valence-electron chi connectivity index (χ2n) is 6.38. The third kappa shape index (κ3) is 3.83. The van der Waals surface area contributed by atoms with E-state index in [4.69, 9.17) is 9.15 Å². The summed E-state index contributed by atoms with van der Waals surface area (Å²) >= 11 is 0. The number of ether oxygens (including phenoxy) is 1. The molecule has 2 heterocycles. The number of hydrogen-bond donors (Lipinski definition) is 0. The van der Waals surface area contributed by atoms with E-state index in [1.807, 2.05) is 48.5 Å². The molecule has 0 saturated carbocycles. The minimum atomic E-state index is -0.621. The predicted molar refractivity (Wildman–Crippen MR) is 105 cm³/mol. The van der Waals surface area contributed by atoms with Gasteiger partial charge in [-0.3, -0.25) is 4.79 Å². The van der Waals surface area contributed by atoms with Gasteiger partial charge in [-0.25, -0.2) is 4.79 Å². The molecule has 1 saturated heterocycles. The number of carbonyl (C=O) groups excluding carboxylic acids is 1. The Labute approximate surface area is 156 Å². The summed E-state index contributed by atoms with van der Waals surface area (Å²) in [6.07, 6.45) is 3.09. The van der Waals surface area contributed by atoms with Crippen LogP contribution in [-0.2, 0) is 4.74 Å². The van der Waals surface area contributed by atoms with Crippen LogP contribution in [0.1, 0.15) is 15.9 Å². The van der Waals surface area contributed by atoms with Gasteiger partial charge in [-0.2, -0.15) is 0 Å². The fraction of sp³-hybridized carbons (Fsp3) is 0.182. The third-order valence-electron chi connectivity index (χ3n) is 4.59. The summed E-state index contributed by atoms with van der Waals surface area (Å²) in [5.41, 5.74) is 1.77. The van der Waals surface area contributed by atoms with Crippen LogP contribution in [0.3, 0.4) is 0 Å². The van der Waals surface area contributed by atoms with Gasteiger partial charge in [0.25, 0.3) is 0 Å². The molecule has 1 fully saturated rings. The SMILES string of the molecule is O=C(/C=C/c1ccccc1)c1cc2ccc(N3CCOCC3)cc2oc1=O. The van der Waals surface area contributed by atoms with Crippen LogP contribution in [0.5, 0.6) is 0 Å². The van der Waals surface area contributed by atoms with E-state index < -0.39 is 5.63 Å². The van der Waals surface area contributed by atoms with Crippen molar-refractivity contribution in [1.29, 1.82) is 0 Å². The van der Waals surface area contributed by atoms with Crippen molar-refractivity contribution in [2.75, 3.05) is 31.2 Å². The number of rotatable bonds is 4. The first-order valence-electron chi connectivity index (χ1n) is 8.89. The fourth-order valence-electron chi connectivity index (χ4n) is 3.12. The van der Waals surface area contributed by atoms with Crippen LogP contribution in [0.25, 0.3) is 17.0 Å². The normalized spacial score (nSPS) is 14.7. The second kappa shape index (κ2) is 7.60. The molecule has 27 heavy (non-hydrogen) atoms. The Morgan fingerprint density at radius 2 is 1.78 bits per heavy atom. The predicted octanol–water partition coefficient (Wildman–Crippen LogP) is 3.53. The highest BCUT2D eigenvalue weighted by molar-refractivity contribution is 6.07. The zero-order chi connectivity index (χ0) is 18.6. The van der Waals surface area contributed by atoms with Crippen LogP contribution in [0.2, 0.25) is 0 Å². The topological polar surface area (TPSA) is 59.8 Å². The molecule has 5 heteroatoms. The molecule has 0 N–H and O–H groups in total. The van der Waals surface area contributed by atoms with Crippen LogP contribution < -0.4 is 10.5 Å². The van der Waals surface area contributed by atoms with Crippen molar-refractivity contribution in [1.82, 2.24) is 0 Å². The van der Waals surface area contributed by atoms with Crippen molar-refractivity contribution >= 4 is 28.5 Å². The quantitative estimate of drug-likeness (QED) is 0.404. The summed E-state index contributed by atoms with van der Waals surface area (Å²) < 4.78 is 10.8. The second-order valence-corrected chi connectivity index (χ2v) is 6.38. The van der Waals surface area contributed by atoms with Crippen molar-refractivity contribution in [3.63, 3.8) is 0 Å². The minimum absolute atomic E-state index is 0.0359. The molecule has 1 aromatic heterocycles. The Morgan fingerprint density at radius 3 is 2.56 bits per heavy atom. The average molecular weight is 361 g/mol. The zero-order valence-electron chi connectivity index (χ0n) is 14.8. The molecule has 0 aliphatic carbocycles. The largest absolute Gasteiger partial charge is 0.422 e.